The molecule has 0 atom stereocenters. The fraction of sp³-hybridized carbons (Fsp3) is 0.316. The van der Waals surface area contributed by atoms with Gasteiger partial charge in [0.15, 0.2) is 0 Å². The number of hydrogen-bond donors (Lipinski definition) is 1. The Morgan fingerprint density at radius 2 is 1.96 bits per heavy atom. The van der Waals surface area contributed by atoms with E-state index in [9.17, 15) is 9.18 Å². The highest BCUT2D eigenvalue weighted by Gasteiger charge is 2.44. The van der Waals surface area contributed by atoms with Crippen LogP contribution in [0.15, 0.2) is 42.5 Å². The molecule has 1 amide bonds. The number of nitrogens with two attached hydrogens (primary N) is 1. The maximum absolute atomic E-state index is 14.2. The lowest BCUT2D eigenvalue weighted by Gasteiger charge is -2.43. The van der Waals surface area contributed by atoms with E-state index in [1.807, 2.05) is 24.3 Å². The molecule has 2 aliphatic rings. The molecule has 5 heteroatoms. The van der Waals surface area contributed by atoms with Gasteiger partial charge in [-0.05, 0) is 37.5 Å². The molecule has 2 aromatic rings. The molecule has 1 heterocycles. The zero-order valence-corrected chi connectivity index (χ0v) is 13.3. The first-order valence-electron chi connectivity index (χ1n) is 8.18. The van der Waals surface area contributed by atoms with Crippen molar-refractivity contribution in [2.45, 2.75) is 31.4 Å². The Morgan fingerprint density at radius 3 is 2.67 bits per heavy atom. The number of fused-ring (bicyclic) bond motifs is 1. The quantitative estimate of drug-likeness (QED) is 0.818. The fourth-order valence-corrected chi connectivity index (χ4v) is 3.51. The van der Waals surface area contributed by atoms with Crippen LogP contribution in [-0.2, 0) is 6.54 Å². The molecule has 1 saturated carbocycles. The van der Waals surface area contributed by atoms with E-state index in [1.54, 1.807) is 11.0 Å². The van der Waals surface area contributed by atoms with Crippen molar-refractivity contribution >= 4 is 11.6 Å². The summed E-state index contributed by atoms with van der Waals surface area (Å²) in [4.78, 5) is 14.6. The molecule has 0 aromatic heterocycles. The van der Waals surface area contributed by atoms with Gasteiger partial charge in [0.05, 0.1) is 12.1 Å². The van der Waals surface area contributed by atoms with Crippen molar-refractivity contribution in [1.29, 1.82) is 0 Å². The zero-order valence-electron chi connectivity index (χ0n) is 13.3. The summed E-state index contributed by atoms with van der Waals surface area (Å²) in [7, 11) is 0. The minimum Gasteiger partial charge on any atom is -0.485 e. The van der Waals surface area contributed by atoms with E-state index in [-0.39, 0.29) is 22.8 Å². The number of carbonyl (C=O) groups excluding carboxylic acids is 1. The summed E-state index contributed by atoms with van der Waals surface area (Å²) in [6.07, 6.45) is 2.88. The molecule has 0 radical (unpaired) electrons. The number of carbonyl (C=O) groups is 1. The molecule has 0 unspecified atom stereocenters. The molecule has 0 saturated heterocycles. The molecule has 24 heavy (non-hydrogen) atoms. The Morgan fingerprint density at radius 1 is 1.17 bits per heavy atom. The molecular weight excluding hydrogens is 307 g/mol. The van der Waals surface area contributed by atoms with Crippen LogP contribution in [0.2, 0.25) is 0 Å². The third kappa shape index (κ3) is 2.40. The fourth-order valence-electron chi connectivity index (χ4n) is 3.51. The van der Waals surface area contributed by atoms with Crippen molar-refractivity contribution in [2.75, 3.05) is 12.3 Å². The standard InChI is InChI=1S/C19H19FN2O2/c20-14-6-3-7-15(21)17(14)18(23)22-11-13-5-1-2-8-16(13)24-19(12-22)9-4-10-19/h1-3,5-8H,4,9-12,21H2. The average molecular weight is 326 g/mol. The number of anilines is 1. The minimum absolute atomic E-state index is 0.0497. The SMILES string of the molecule is Nc1cccc(F)c1C(=O)N1Cc2ccccc2OC2(CCC2)C1. The average Bonchev–Trinajstić information content (AvgIpc) is 2.71. The third-order valence-corrected chi connectivity index (χ3v) is 4.95. The Bertz CT molecular complexity index is 781. The van der Waals surface area contributed by atoms with Crippen molar-refractivity contribution in [2.24, 2.45) is 0 Å². The normalized spacial score (nSPS) is 18.3. The van der Waals surface area contributed by atoms with Gasteiger partial charge >= 0.3 is 0 Å². The van der Waals surface area contributed by atoms with Crippen molar-refractivity contribution < 1.29 is 13.9 Å². The highest BCUT2D eigenvalue weighted by atomic mass is 19.1. The first-order valence-corrected chi connectivity index (χ1v) is 8.18. The van der Waals surface area contributed by atoms with Crippen LogP contribution < -0.4 is 10.5 Å². The van der Waals surface area contributed by atoms with E-state index in [0.717, 1.165) is 30.6 Å². The number of para-hydroxylation sites is 1. The number of benzene rings is 2. The van der Waals surface area contributed by atoms with Gasteiger partial charge in [-0.25, -0.2) is 4.39 Å². The van der Waals surface area contributed by atoms with E-state index in [2.05, 4.69) is 0 Å². The number of rotatable bonds is 1. The van der Waals surface area contributed by atoms with Crippen molar-refractivity contribution in [3.63, 3.8) is 0 Å². The smallest absolute Gasteiger partial charge is 0.259 e. The molecule has 4 rings (SSSR count). The van der Waals surface area contributed by atoms with Crippen molar-refractivity contribution in [1.82, 2.24) is 4.90 Å². The van der Waals surface area contributed by atoms with Gasteiger partial charge in [0.1, 0.15) is 17.2 Å². The monoisotopic (exact) mass is 326 g/mol. The van der Waals surface area contributed by atoms with E-state index >= 15 is 0 Å². The maximum atomic E-state index is 14.2. The number of ether oxygens (including phenoxy) is 1. The van der Waals surface area contributed by atoms with E-state index < -0.39 is 5.82 Å². The van der Waals surface area contributed by atoms with E-state index in [0.29, 0.717) is 13.1 Å². The first-order chi connectivity index (χ1) is 11.6. The predicted molar refractivity (Wildman–Crippen MR) is 89.2 cm³/mol. The van der Waals surface area contributed by atoms with Gasteiger partial charge in [-0.15, -0.1) is 0 Å². The van der Waals surface area contributed by atoms with Gasteiger partial charge in [0.2, 0.25) is 0 Å². The summed E-state index contributed by atoms with van der Waals surface area (Å²) in [5.41, 5.74) is 6.55. The van der Waals surface area contributed by atoms with Crippen LogP contribution in [0.1, 0.15) is 35.2 Å². The van der Waals surface area contributed by atoms with E-state index in [4.69, 9.17) is 10.5 Å². The van der Waals surface area contributed by atoms with Crippen LogP contribution in [0.3, 0.4) is 0 Å². The lowest BCUT2D eigenvalue weighted by atomic mass is 9.79. The summed E-state index contributed by atoms with van der Waals surface area (Å²) in [6, 6.07) is 12.1. The van der Waals surface area contributed by atoms with Gasteiger partial charge in [0, 0.05) is 17.8 Å². The van der Waals surface area contributed by atoms with Crippen LogP contribution in [0.5, 0.6) is 5.75 Å². The molecule has 2 N–H and O–H groups in total. The molecule has 4 nitrogen and oxygen atoms in total. The number of nitrogens with zero attached hydrogens (tertiary/aromatic N) is 1. The lowest BCUT2D eigenvalue weighted by Crippen LogP contribution is -2.52. The van der Waals surface area contributed by atoms with Crippen LogP contribution in [-0.4, -0.2) is 23.0 Å². The molecule has 1 spiro atoms. The predicted octanol–water partition coefficient (Wildman–Crippen LogP) is 3.37. The summed E-state index contributed by atoms with van der Waals surface area (Å²) in [6.45, 7) is 0.846. The van der Waals surface area contributed by atoms with Crippen LogP contribution >= 0.6 is 0 Å². The highest BCUT2D eigenvalue weighted by molar-refractivity contribution is 5.99. The maximum Gasteiger partial charge on any atom is 0.259 e. The molecular formula is C19H19FN2O2. The zero-order chi connectivity index (χ0) is 16.7. The molecule has 124 valence electrons. The van der Waals surface area contributed by atoms with Crippen LogP contribution in [0, 0.1) is 5.82 Å². The second kappa shape index (κ2) is 5.51. The van der Waals surface area contributed by atoms with Gasteiger partial charge in [-0.2, -0.15) is 0 Å². The Kier molecular flexibility index (Phi) is 3.44. The van der Waals surface area contributed by atoms with E-state index in [1.165, 1.54) is 12.1 Å². The molecule has 0 bridgehead atoms. The number of halogens is 1. The molecule has 2 aromatic carbocycles. The topological polar surface area (TPSA) is 55.6 Å². The summed E-state index contributed by atoms with van der Waals surface area (Å²) < 4.78 is 20.4. The molecule has 1 aliphatic heterocycles. The summed E-state index contributed by atoms with van der Waals surface area (Å²) in [5, 5.41) is 0. The Balaban J connectivity index is 1.73. The largest absolute Gasteiger partial charge is 0.485 e. The van der Waals surface area contributed by atoms with Gasteiger partial charge < -0.3 is 15.4 Å². The van der Waals surface area contributed by atoms with Crippen molar-refractivity contribution in [3.05, 3.63) is 59.4 Å². The third-order valence-electron chi connectivity index (χ3n) is 4.95. The van der Waals surface area contributed by atoms with Gasteiger partial charge in [-0.3, -0.25) is 4.79 Å². The first kappa shape index (κ1) is 15.0. The summed E-state index contributed by atoms with van der Waals surface area (Å²) >= 11 is 0. The van der Waals surface area contributed by atoms with Gasteiger partial charge in [-0.1, -0.05) is 24.3 Å². The molecule has 1 fully saturated rings. The second-order valence-corrected chi connectivity index (χ2v) is 6.61. The highest BCUT2D eigenvalue weighted by Crippen LogP contribution is 2.41. The Hall–Kier alpha value is -2.56. The number of amides is 1. The van der Waals surface area contributed by atoms with Crippen LogP contribution in [0.4, 0.5) is 10.1 Å². The number of nitrogen functional groups attached to an aromatic ring is 1. The Labute approximate surface area is 140 Å². The minimum atomic E-state index is -0.582. The lowest BCUT2D eigenvalue weighted by molar-refractivity contribution is -0.0247. The van der Waals surface area contributed by atoms with Crippen molar-refractivity contribution in [3.8, 4) is 5.75 Å². The summed E-state index contributed by atoms with van der Waals surface area (Å²) in [5.74, 6) is -0.146. The number of hydrogen-bond acceptors (Lipinski definition) is 3. The van der Waals surface area contributed by atoms with Gasteiger partial charge in [0.25, 0.3) is 5.91 Å². The molecule has 1 aliphatic carbocycles. The second-order valence-electron chi connectivity index (χ2n) is 6.61. The van der Waals surface area contributed by atoms with Crippen LogP contribution in [0.25, 0.3) is 0 Å².